The highest BCUT2D eigenvalue weighted by atomic mass is 19.1. The molecule has 0 spiro atoms. The SMILES string of the molecule is Fc1ccccc1-c1cccc(-c2ccc(-c3ccccc3)cc2)c1. The lowest BCUT2D eigenvalue weighted by Crippen LogP contribution is -1.85. The van der Waals surface area contributed by atoms with Gasteiger partial charge < -0.3 is 0 Å². The molecule has 4 aromatic carbocycles. The summed E-state index contributed by atoms with van der Waals surface area (Å²) in [6.45, 7) is 0. The molecule has 0 fully saturated rings. The molecule has 0 heterocycles. The maximum absolute atomic E-state index is 14.1. The molecule has 0 aliphatic carbocycles. The normalized spacial score (nSPS) is 10.6. The zero-order chi connectivity index (χ0) is 17.1. The monoisotopic (exact) mass is 324 g/mol. The lowest BCUT2D eigenvalue weighted by Gasteiger charge is -2.08. The van der Waals surface area contributed by atoms with E-state index in [0.29, 0.717) is 5.56 Å². The number of hydrogen-bond donors (Lipinski definition) is 0. The van der Waals surface area contributed by atoms with Crippen molar-refractivity contribution >= 4 is 0 Å². The lowest BCUT2D eigenvalue weighted by molar-refractivity contribution is 0.631. The van der Waals surface area contributed by atoms with E-state index in [1.165, 1.54) is 17.2 Å². The second-order valence-corrected chi connectivity index (χ2v) is 6.00. The van der Waals surface area contributed by atoms with Gasteiger partial charge >= 0.3 is 0 Å². The minimum Gasteiger partial charge on any atom is -0.206 e. The summed E-state index contributed by atoms with van der Waals surface area (Å²) in [6.07, 6.45) is 0. The zero-order valence-corrected chi connectivity index (χ0v) is 13.7. The highest BCUT2D eigenvalue weighted by molar-refractivity contribution is 5.75. The first-order chi connectivity index (χ1) is 12.3. The highest BCUT2D eigenvalue weighted by Crippen LogP contribution is 2.29. The molecular weight excluding hydrogens is 307 g/mol. The van der Waals surface area contributed by atoms with Crippen LogP contribution in [-0.2, 0) is 0 Å². The van der Waals surface area contributed by atoms with Crippen molar-refractivity contribution in [2.75, 3.05) is 0 Å². The van der Waals surface area contributed by atoms with Crippen LogP contribution in [0, 0.1) is 5.82 Å². The van der Waals surface area contributed by atoms with Crippen molar-refractivity contribution in [3.8, 4) is 33.4 Å². The van der Waals surface area contributed by atoms with Crippen molar-refractivity contribution < 1.29 is 4.39 Å². The molecule has 0 radical (unpaired) electrons. The summed E-state index contributed by atoms with van der Waals surface area (Å²) in [5.74, 6) is -0.195. The van der Waals surface area contributed by atoms with Gasteiger partial charge in [0.15, 0.2) is 0 Å². The van der Waals surface area contributed by atoms with E-state index in [2.05, 4.69) is 42.5 Å². The average molecular weight is 324 g/mol. The van der Waals surface area contributed by atoms with Gasteiger partial charge in [0.1, 0.15) is 5.82 Å². The van der Waals surface area contributed by atoms with Gasteiger partial charge in [-0.1, -0.05) is 91.0 Å². The Morgan fingerprint density at radius 1 is 0.400 bits per heavy atom. The van der Waals surface area contributed by atoms with Crippen LogP contribution >= 0.6 is 0 Å². The van der Waals surface area contributed by atoms with E-state index >= 15 is 0 Å². The molecule has 25 heavy (non-hydrogen) atoms. The van der Waals surface area contributed by atoms with Crippen molar-refractivity contribution in [1.82, 2.24) is 0 Å². The van der Waals surface area contributed by atoms with Crippen molar-refractivity contribution in [3.05, 3.63) is 109 Å². The quantitative estimate of drug-likeness (QED) is 0.387. The average Bonchev–Trinajstić information content (AvgIpc) is 2.69. The Morgan fingerprint density at radius 2 is 0.920 bits per heavy atom. The molecule has 0 unspecified atom stereocenters. The predicted molar refractivity (Wildman–Crippen MR) is 103 cm³/mol. The number of rotatable bonds is 3. The van der Waals surface area contributed by atoms with Crippen LogP contribution in [0.5, 0.6) is 0 Å². The Balaban J connectivity index is 1.69. The molecule has 0 saturated carbocycles. The summed E-state index contributed by atoms with van der Waals surface area (Å²) in [6, 6.07) is 33.7. The van der Waals surface area contributed by atoms with Crippen molar-refractivity contribution in [2.45, 2.75) is 0 Å². The van der Waals surface area contributed by atoms with Crippen LogP contribution < -0.4 is 0 Å². The van der Waals surface area contributed by atoms with E-state index in [0.717, 1.165) is 16.7 Å². The summed E-state index contributed by atoms with van der Waals surface area (Å²) in [5, 5.41) is 0. The first-order valence-electron chi connectivity index (χ1n) is 8.32. The fourth-order valence-electron chi connectivity index (χ4n) is 3.05. The standard InChI is InChI=1S/C24H17F/c25-24-12-5-4-11-23(24)22-10-6-9-21(17-22)20-15-13-19(14-16-20)18-7-2-1-3-8-18/h1-17H. The molecule has 0 amide bonds. The van der Waals surface area contributed by atoms with Crippen LogP contribution in [0.2, 0.25) is 0 Å². The number of benzene rings is 4. The third-order valence-corrected chi connectivity index (χ3v) is 4.37. The summed E-state index contributed by atoms with van der Waals surface area (Å²) in [4.78, 5) is 0. The van der Waals surface area contributed by atoms with Gasteiger partial charge in [-0.25, -0.2) is 4.39 Å². The molecule has 0 aromatic heterocycles. The Labute approximate surface area is 147 Å². The summed E-state index contributed by atoms with van der Waals surface area (Å²) in [5.41, 5.74) is 6.12. The van der Waals surface area contributed by atoms with Crippen molar-refractivity contribution in [3.63, 3.8) is 0 Å². The van der Waals surface area contributed by atoms with Gasteiger partial charge in [0.25, 0.3) is 0 Å². The van der Waals surface area contributed by atoms with Crippen LogP contribution in [0.15, 0.2) is 103 Å². The van der Waals surface area contributed by atoms with E-state index in [9.17, 15) is 4.39 Å². The van der Waals surface area contributed by atoms with E-state index in [1.54, 1.807) is 6.07 Å². The first kappa shape index (κ1) is 15.3. The molecule has 0 N–H and O–H groups in total. The van der Waals surface area contributed by atoms with E-state index in [4.69, 9.17) is 0 Å². The Morgan fingerprint density at radius 3 is 1.64 bits per heavy atom. The second-order valence-electron chi connectivity index (χ2n) is 6.00. The first-order valence-corrected chi connectivity index (χ1v) is 8.32. The molecule has 1 heteroatoms. The summed E-state index contributed by atoms with van der Waals surface area (Å²) < 4.78 is 14.1. The van der Waals surface area contributed by atoms with Crippen LogP contribution in [0.4, 0.5) is 4.39 Å². The molecule has 0 atom stereocenters. The predicted octanol–water partition coefficient (Wildman–Crippen LogP) is 6.83. The Hall–Kier alpha value is -3.19. The third kappa shape index (κ3) is 3.22. The summed E-state index contributed by atoms with van der Waals surface area (Å²) in [7, 11) is 0. The van der Waals surface area contributed by atoms with Crippen LogP contribution in [0.3, 0.4) is 0 Å². The number of halogens is 1. The van der Waals surface area contributed by atoms with Crippen LogP contribution in [0.25, 0.3) is 33.4 Å². The Kier molecular flexibility index (Phi) is 4.14. The van der Waals surface area contributed by atoms with Gasteiger partial charge in [-0.3, -0.25) is 0 Å². The third-order valence-electron chi connectivity index (χ3n) is 4.37. The van der Waals surface area contributed by atoms with E-state index in [1.807, 2.05) is 48.5 Å². The van der Waals surface area contributed by atoms with E-state index in [-0.39, 0.29) is 5.82 Å². The van der Waals surface area contributed by atoms with Crippen molar-refractivity contribution in [2.24, 2.45) is 0 Å². The zero-order valence-electron chi connectivity index (χ0n) is 13.7. The van der Waals surface area contributed by atoms with Gasteiger partial charge in [-0.2, -0.15) is 0 Å². The maximum Gasteiger partial charge on any atom is 0.131 e. The molecule has 0 saturated heterocycles. The minimum absolute atomic E-state index is 0.195. The molecule has 0 aliphatic heterocycles. The molecule has 0 nitrogen and oxygen atoms in total. The van der Waals surface area contributed by atoms with Gasteiger partial charge in [0.2, 0.25) is 0 Å². The second kappa shape index (κ2) is 6.74. The van der Waals surface area contributed by atoms with Crippen LogP contribution in [-0.4, -0.2) is 0 Å². The van der Waals surface area contributed by atoms with Gasteiger partial charge in [-0.05, 0) is 39.9 Å². The van der Waals surface area contributed by atoms with E-state index < -0.39 is 0 Å². The minimum atomic E-state index is -0.195. The van der Waals surface area contributed by atoms with Crippen molar-refractivity contribution in [1.29, 1.82) is 0 Å². The highest BCUT2D eigenvalue weighted by Gasteiger charge is 2.06. The van der Waals surface area contributed by atoms with Gasteiger partial charge in [0, 0.05) is 5.56 Å². The molecule has 4 rings (SSSR count). The molecule has 0 bridgehead atoms. The largest absolute Gasteiger partial charge is 0.206 e. The smallest absolute Gasteiger partial charge is 0.131 e. The molecule has 0 aliphatic rings. The fourth-order valence-corrected chi connectivity index (χ4v) is 3.05. The maximum atomic E-state index is 14.1. The lowest BCUT2D eigenvalue weighted by atomic mass is 9.97. The topological polar surface area (TPSA) is 0 Å². The number of hydrogen-bond acceptors (Lipinski definition) is 0. The van der Waals surface area contributed by atoms with Gasteiger partial charge in [-0.15, -0.1) is 0 Å². The molecule has 4 aromatic rings. The van der Waals surface area contributed by atoms with Gasteiger partial charge in [0.05, 0.1) is 0 Å². The summed E-state index contributed by atoms with van der Waals surface area (Å²) >= 11 is 0. The molecular formula is C24H17F. The fraction of sp³-hybridized carbons (Fsp3) is 0. The molecule has 120 valence electrons. The Bertz CT molecular complexity index is 986. The van der Waals surface area contributed by atoms with Crippen LogP contribution in [0.1, 0.15) is 0 Å².